The Labute approximate surface area is 140 Å². The molecule has 0 spiro atoms. The van der Waals surface area contributed by atoms with Gasteiger partial charge in [0.25, 0.3) is 0 Å². The third-order valence-corrected chi connectivity index (χ3v) is 4.23. The van der Waals surface area contributed by atoms with Crippen LogP contribution >= 0.6 is 0 Å². The van der Waals surface area contributed by atoms with Crippen LogP contribution in [0.3, 0.4) is 0 Å². The number of aryl methyl sites for hydroxylation is 1. The SMILES string of the molecule is CCC(=O)N1CCC(c2cc(Nc3ccc(F)cn3)cc(C)n2)C1. The lowest BCUT2D eigenvalue weighted by Gasteiger charge is -2.16. The van der Waals surface area contributed by atoms with Crippen LogP contribution in [0.2, 0.25) is 0 Å². The van der Waals surface area contributed by atoms with E-state index >= 15 is 0 Å². The molecule has 1 aliphatic rings. The highest BCUT2D eigenvalue weighted by molar-refractivity contribution is 5.76. The average molecular weight is 328 g/mol. The number of nitrogens with zero attached hydrogens (tertiary/aromatic N) is 3. The van der Waals surface area contributed by atoms with Crippen LogP contribution in [-0.4, -0.2) is 33.9 Å². The lowest BCUT2D eigenvalue weighted by Crippen LogP contribution is -2.27. The number of halogens is 1. The average Bonchev–Trinajstić information content (AvgIpc) is 3.06. The molecule has 24 heavy (non-hydrogen) atoms. The Bertz CT molecular complexity index is 732. The molecule has 2 aromatic rings. The monoisotopic (exact) mass is 328 g/mol. The van der Waals surface area contributed by atoms with Crippen molar-refractivity contribution in [3.05, 3.63) is 47.7 Å². The van der Waals surface area contributed by atoms with Gasteiger partial charge in [0.05, 0.1) is 6.20 Å². The summed E-state index contributed by atoms with van der Waals surface area (Å²) in [6.45, 7) is 5.33. The highest BCUT2D eigenvalue weighted by Crippen LogP contribution is 2.29. The predicted molar refractivity (Wildman–Crippen MR) is 90.7 cm³/mol. The Kier molecular flexibility index (Phi) is 4.74. The number of carbonyl (C=O) groups is 1. The van der Waals surface area contributed by atoms with Gasteiger partial charge in [0.15, 0.2) is 0 Å². The van der Waals surface area contributed by atoms with Crippen LogP contribution in [0.4, 0.5) is 15.9 Å². The standard InChI is InChI=1S/C18H21FN4O/c1-3-18(24)23-7-6-13(11-23)16-9-15(8-12(2)21-16)22-17-5-4-14(19)10-20-17/h4-5,8-10,13H,3,6-7,11H2,1-2H3,(H,20,21,22). The van der Waals surface area contributed by atoms with E-state index in [1.54, 1.807) is 6.07 Å². The second-order valence-corrected chi connectivity index (χ2v) is 6.09. The molecule has 126 valence electrons. The van der Waals surface area contributed by atoms with Gasteiger partial charge < -0.3 is 10.2 Å². The van der Waals surface area contributed by atoms with Gasteiger partial charge in [0, 0.05) is 42.5 Å². The summed E-state index contributed by atoms with van der Waals surface area (Å²) in [6, 6.07) is 6.89. The smallest absolute Gasteiger partial charge is 0.222 e. The third-order valence-electron chi connectivity index (χ3n) is 4.23. The van der Waals surface area contributed by atoms with Crippen LogP contribution in [0.5, 0.6) is 0 Å². The minimum absolute atomic E-state index is 0.194. The van der Waals surface area contributed by atoms with Crippen molar-refractivity contribution in [1.82, 2.24) is 14.9 Å². The van der Waals surface area contributed by atoms with E-state index in [9.17, 15) is 9.18 Å². The van der Waals surface area contributed by atoms with E-state index in [1.807, 2.05) is 30.9 Å². The fraction of sp³-hybridized carbons (Fsp3) is 0.389. The molecule has 0 saturated carbocycles. The number of amides is 1. The first-order valence-corrected chi connectivity index (χ1v) is 8.20. The number of nitrogens with one attached hydrogen (secondary N) is 1. The van der Waals surface area contributed by atoms with Crippen molar-refractivity contribution < 1.29 is 9.18 Å². The molecule has 6 heteroatoms. The number of hydrogen-bond acceptors (Lipinski definition) is 4. The molecule has 0 aromatic carbocycles. The van der Waals surface area contributed by atoms with Gasteiger partial charge in [-0.1, -0.05) is 6.92 Å². The van der Waals surface area contributed by atoms with Crippen LogP contribution < -0.4 is 5.32 Å². The van der Waals surface area contributed by atoms with Crippen LogP contribution in [-0.2, 0) is 4.79 Å². The van der Waals surface area contributed by atoms with Gasteiger partial charge in [-0.3, -0.25) is 9.78 Å². The molecular weight excluding hydrogens is 307 g/mol. The first-order valence-electron chi connectivity index (χ1n) is 8.20. The maximum atomic E-state index is 13.0. The second-order valence-electron chi connectivity index (χ2n) is 6.09. The maximum Gasteiger partial charge on any atom is 0.222 e. The van der Waals surface area contributed by atoms with E-state index in [4.69, 9.17) is 0 Å². The number of anilines is 2. The lowest BCUT2D eigenvalue weighted by atomic mass is 10.0. The summed E-state index contributed by atoms with van der Waals surface area (Å²) in [7, 11) is 0. The summed E-state index contributed by atoms with van der Waals surface area (Å²) in [4.78, 5) is 22.4. The van der Waals surface area contributed by atoms with Crippen molar-refractivity contribution in [2.45, 2.75) is 32.6 Å². The largest absolute Gasteiger partial charge is 0.342 e. The second kappa shape index (κ2) is 6.95. The predicted octanol–water partition coefficient (Wildman–Crippen LogP) is 3.39. The third kappa shape index (κ3) is 3.69. The van der Waals surface area contributed by atoms with E-state index in [1.165, 1.54) is 12.3 Å². The fourth-order valence-corrected chi connectivity index (χ4v) is 3.02. The molecule has 1 fully saturated rings. The summed E-state index contributed by atoms with van der Waals surface area (Å²) >= 11 is 0. The summed E-state index contributed by atoms with van der Waals surface area (Å²) in [6.07, 6.45) is 2.65. The zero-order valence-corrected chi connectivity index (χ0v) is 13.9. The zero-order chi connectivity index (χ0) is 17.1. The number of pyridine rings is 2. The number of hydrogen-bond donors (Lipinski definition) is 1. The van der Waals surface area contributed by atoms with Crippen molar-refractivity contribution in [2.75, 3.05) is 18.4 Å². The molecule has 1 amide bonds. The lowest BCUT2D eigenvalue weighted by molar-refractivity contribution is -0.129. The Hall–Kier alpha value is -2.50. The van der Waals surface area contributed by atoms with E-state index in [2.05, 4.69) is 15.3 Å². The molecule has 1 saturated heterocycles. The Morgan fingerprint density at radius 2 is 2.25 bits per heavy atom. The summed E-state index contributed by atoms with van der Waals surface area (Å²) in [5, 5.41) is 3.18. The molecular formula is C18H21FN4O. The van der Waals surface area contributed by atoms with Gasteiger partial charge in [0.2, 0.25) is 5.91 Å². The molecule has 1 unspecified atom stereocenters. The summed E-state index contributed by atoms with van der Waals surface area (Å²) in [5.74, 6) is 0.669. The van der Waals surface area contributed by atoms with E-state index in [-0.39, 0.29) is 17.6 Å². The Morgan fingerprint density at radius 3 is 2.96 bits per heavy atom. The van der Waals surface area contributed by atoms with Crippen LogP contribution in [0.1, 0.15) is 37.1 Å². The van der Waals surface area contributed by atoms with Crippen LogP contribution in [0.15, 0.2) is 30.5 Å². The first-order chi connectivity index (χ1) is 11.5. The van der Waals surface area contributed by atoms with Gasteiger partial charge in [-0.05, 0) is 37.6 Å². The fourth-order valence-electron chi connectivity index (χ4n) is 3.02. The highest BCUT2D eigenvalue weighted by Gasteiger charge is 2.27. The summed E-state index contributed by atoms with van der Waals surface area (Å²) < 4.78 is 13.0. The molecule has 5 nitrogen and oxygen atoms in total. The maximum absolute atomic E-state index is 13.0. The number of aromatic nitrogens is 2. The summed E-state index contributed by atoms with van der Waals surface area (Å²) in [5.41, 5.74) is 2.75. The van der Waals surface area contributed by atoms with Gasteiger partial charge >= 0.3 is 0 Å². The van der Waals surface area contributed by atoms with Crippen molar-refractivity contribution in [1.29, 1.82) is 0 Å². The zero-order valence-electron chi connectivity index (χ0n) is 13.9. The Morgan fingerprint density at radius 1 is 1.42 bits per heavy atom. The molecule has 1 aliphatic heterocycles. The molecule has 2 aromatic heterocycles. The number of rotatable bonds is 4. The quantitative estimate of drug-likeness (QED) is 0.934. The molecule has 0 bridgehead atoms. The first kappa shape index (κ1) is 16.4. The normalized spacial score (nSPS) is 17.1. The number of carbonyl (C=O) groups excluding carboxylic acids is 1. The van der Waals surface area contributed by atoms with E-state index in [0.717, 1.165) is 36.6 Å². The molecule has 1 N–H and O–H groups in total. The highest BCUT2D eigenvalue weighted by atomic mass is 19.1. The van der Waals surface area contributed by atoms with E-state index < -0.39 is 0 Å². The van der Waals surface area contributed by atoms with E-state index in [0.29, 0.717) is 12.2 Å². The molecule has 0 radical (unpaired) electrons. The molecule has 3 rings (SSSR count). The minimum Gasteiger partial charge on any atom is -0.342 e. The van der Waals surface area contributed by atoms with Gasteiger partial charge in [-0.25, -0.2) is 9.37 Å². The molecule has 1 atom stereocenters. The van der Waals surface area contributed by atoms with Gasteiger partial charge in [-0.2, -0.15) is 0 Å². The van der Waals surface area contributed by atoms with Crippen LogP contribution in [0, 0.1) is 12.7 Å². The van der Waals surface area contributed by atoms with Crippen molar-refractivity contribution in [3.8, 4) is 0 Å². The topological polar surface area (TPSA) is 58.1 Å². The Balaban J connectivity index is 1.77. The molecule has 3 heterocycles. The number of likely N-dealkylation sites (tertiary alicyclic amines) is 1. The minimum atomic E-state index is -0.362. The van der Waals surface area contributed by atoms with Crippen LogP contribution in [0.25, 0.3) is 0 Å². The molecule has 0 aliphatic carbocycles. The van der Waals surface area contributed by atoms with Gasteiger partial charge in [0.1, 0.15) is 11.6 Å². The van der Waals surface area contributed by atoms with Crippen molar-refractivity contribution in [2.24, 2.45) is 0 Å². The van der Waals surface area contributed by atoms with Gasteiger partial charge in [-0.15, -0.1) is 0 Å². The van der Waals surface area contributed by atoms with Crippen molar-refractivity contribution in [3.63, 3.8) is 0 Å². The van der Waals surface area contributed by atoms with Crippen molar-refractivity contribution >= 4 is 17.4 Å².